The van der Waals surface area contributed by atoms with Gasteiger partial charge in [-0.3, -0.25) is 0 Å². The molecule has 1 rings (SSSR count). The van der Waals surface area contributed by atoms with Crippen LogP contribution >= 0.6 is 0 Å². The molecule has 0 amide bonds. The summed E-state index contributed by atoms with van der Waals surface area (Å²) in [7, 11) is 0. The highest BCUT2D eigenvalue weighted by Crippen LogP contribution is 2.13. The summed E-state index contributed by atoms with van der Waals surface area (Å²) in [4.78, 5) is 0. The monoisotopic (exact) mass is 126 g/mol. The molecule has 3 N–H and O–H groups in total. The second-order valence-corrected chi connectivity index (χ2v) is 2.50. The van der Waals surface area contributed by atoms with E-state index in [1.165, 1.54) is 32.1 Å². The van der Waals surface area contributed by atoms with Gasteiger partial charge in [-0.1, -0.05) is 6.42 Å². The molecule has 1 aliphatic rings. The Morgan fingerprint density at radius 1 is 1.11 bits per heavy atom. The van der Waals surface area contributed by atoms with Gasteiger partial charge in [0, 0.05) is 0 Å². The molecule has 9 heavy (non-hydrogen) atoms. The second-order valence-electron chi connectivity index (χ2n) is 2.50. The van der Waals surface area contributed by atoms with Crippen LogP contribution in [0.25, 0.3) is 0 Å². The molecule has 0 aliphatic heterocycles. The summed E-state index contributed by atoms with van der Waals surface area (Å²) < 4.78 is 0. The molecule has 0 heterocycles. The molecule has 0 aromatic heterocycles. The molecule has 0 unspecified atom stereocenters. The average molecular weight is 126 g/mol. The molecular weight excluding hydrogens is 112 g/mol. The van der Waals surface area contributed by atoms with Crippen molar-refractivity contribution in [1.82, 2.24) is 0 Å². The van der Waals surface area contributed by atoms with Gasteiger partial charge in [-0.15, -0.1) is 0 Å². The van der Waals surface area contributed by atoms with Crippen molar-refractivity contribution in [3.63, 3.8) is 0 Å². The van der Waals surface area contributed by atoms with Crippen LogP contribution < -0.4 is 5.73 Å². The van der Waals surface area contributed by atoms with Crippen molar-refractivity contribution in [3.05, 3.63) is 6.57 Å². The molecule has 52 valence electrons. The average Bonchev–Trinajstić information content (AvgIpc) is 1.94. The van der Waals surface area contributed by atoms with Crippen LogP contribution in [0.4, 0.5) is 0 Å². The third kappa shape index (κ3) is 3.99. The maximum absolute atomic E-state index is 6.25. The molecule has 0 saturated heterocycles. The maximum Gasteiger partial charge on any atom is 0.0843 e. The van der Waals surface area contributed by atoms with Crippen LogP contribution in [-0.2, 0) is 0 Å². The Bertz CT molecular complexity index is 72.2. The molecule has 0 spiro atoms. The van der Waals surface area contributed by atoms with E-state index in [1.807, 2.05) is 0 Å². The SMILES string of the molecule is [C-]#N.[NH3+]C1CCCCC1. The summed E-state index contributed by atoms with van der Waals surface area (Å²) in [6.45, 7) is 4.75. The van der Waals surface area contributed by atoms with Gasteiger partial charge >= 0.3 is 0 Å². The van der Waals surface area contributed by atoms with Crippen LogP contribution in [0.15, 0.2) is 0 Å². The van der Waals surface area contributed by atoms with Gasteiger partial charge in [0.1, 0.15) is 0 Å². The van der Waals surface area contributed by atoms with Crippen LogP contribution in [0.3, 0.4) is 0 Å². The summed E-state index contributed by atoms with van der Waals surface area (Å²) in [5.74, 6) is 0. The van der Waals surface area contributed by atoms with Gasteiger partial charge in [-0.25, -0.2) is 0 Å². The van der Waals surface area contributed by atoms with Crippen LogP contribution in [-0.4, -0.2) is 6.04 Å². The lowest BCUT2D eigenvalue weighted by Gasteiger charge is -2.12. The molecule has 1 saturated carbocycles. The van der Waals surface area contributed by atoms with E-state index in [1.54, 1.807) is 0 Å². The van der Waals surface area contributed by atoms with Crippen molar-refractivity contribution in [2.24, 2.45) is 0 Å². The van der Waals surface area contributed by atoms with Crippen molar-refractivity contribution in [2.75, 3.05) is 0 Å². The lowest BCUT2D eigenvalue weighted by molar-refractivity contribution is -0.425. The minimum Gasteiger partial charge on any atom is -0.512 e. The Labute approximate surface area is 56.7 Å². The zero-order valence-corrected chi connectivity index (χ0v) is 5.77. The van der Waals surface area contributed by atoms with E-state index in [0.717, 1.165) is 6.04 Å². The number of quaternary nitrogens is 1. The fourth-order valence-electron chi connectivity index (χ4n) is 1.19. The first-order valence-electron chi connectivity index (χ1n) is 3.45. The first-order chi connectivity index (χ1) is 4.39. The van der Waals surface area contributed by atoms with Gasteiger partial charge in [0.05, 0.1) is 6.04 Å². The predicted molar refractivity (Wildman–Crippen MR) is 34.7 cm³/mol. The third-order valence-electron chi connectivity index (χ3n) is 1.72. The first-order valence-corrected chi connectivity index (χ1v) is 3.45. The molecule has 0 aromatic rings. The largest absolute Gasteiger partial charge is 0.512 e. The summed E-state index contributed by atoms with van der Waals surface area (Å²) in [5.41, 5.74) is 4.00. The van der Waals surface area contributed by atoms with E-state index in [0.29, 0.717) is 0 Å². The van der Waals surface area contributed by atoms with Gasteiger partial charge in [0.25, 0.3) is 0 Å². The smallest absolute Gasteiger partial charge is 0.0843 e. The van der Waals surface area contributed by atoms with Gasteiger partial charge in [0.2, 0.25) is 0 Å². The molecular formula is C7H14N2. The molecule has 1 fully saturated rings. The van der Waals surface area contributed by atoms with Crippen molar-refractivity contribution >= 4 is 0 Å². The minimum absolute atomic E-state index is 0.786. The Hall–Kier alpha value is -0.550. The Morgan fingerprint density at radius 2 is 1.56 bits per heavy atom. The number of nitrogens with zero attached hydrogens (tertiary/aromatic N) is 1. The lowest BCUT2D eigenvalue weighted by Crippen LogP contribution is -2.61. The molecule has 0 bridgehead atoms. The van der Waals surface area contributed by atoms with E-state index in [9.17, 15) is 0 Å². The Morgan fingerprint density at radius 3 is 1.78 bits per heavy atom. The fraction of sp³-hybridized carbons (Fsp3) is 0.857. The Kier molecular flexibility index (Phi) is 5.24. The number of hydrogen-bond acceptors (Lipinski definition) is 1. The van der Waals surface area contributed by atoms with Crippen molar-refractivity contribution in [2.45, 2.75) is 38.1 Å². The van der Waals surface area contributed by atoms with Crippen LogP contribution in [0.1, 0.15) is 32.1 Å². The van der Waals surface area contributed by atoms with E-state index >= 15 is 0 Å². The van der Waals surface area contributed by atoms with Gasteiger partial charge in [-0.2, -0.15) is 0 Å². The topological polar surface area (TPSA) is 51.4 Å². The standard InChI is InChI=1S/C6H13N.CN/c7-6-4-2-1-3-5-6;1-2/h6H,1-5,7H2;/q;-1/p+1. The van der Waals surface area contributed by atoms with Gasteiger partial charge in [-0.05, 0) is 25.7 Å². The second kappa shape index (κ2) is 5.58. The highest BCUT2D eigenvalue weighted by atomic mass is 14.6. The Balaban J connectivity index is 0.000000291. The zero-order valence-electron chi connectivity index (χ0n) is 5.77. The molecule has 0 radical (unpaired) electrons. The number of hydrogen-bond donors (Lipinski definition) is 1. The van der Waals surface area contributed by atoms with Crippen molar-refractivity contribution < 1.29 is 5.73 Å². The summed E-state index contributed by atoms with van der Waals surface area (Å²) in [6, 6.07) is 0.786. The first kappa shape index (κ1) is 8.45. The molecule has 0 atom stereocenters. The molecule has 2 nitrogen and oxygen atoms in total. The van der Waals surface area contributed by atoms with Gasteiger partial charge in [0.15, 0.2) is 0 Å². The third-order valence-corrected chi connectivity index (χ3v) is 1.72. The molecule has 2 heteroatoms. The van der Waals surface area contributed by atoms with Crippen molar-refractivity contribution in [3.8, 4) is 0 Å². The lowest BCUT2D eigenvalue weighted by atomic mass is 9.97. The van der Waals surface area contributed by atoms with Gasteiger partial charge < -0.3 is 17.6 Å². The van der Waals surface area contributed by atoms with Crippen molar-refractivity contribution in [1.29, 1.82) is 5.26 Å². The zero-order chi connectivity index (χ0) is 7.11. The maximum atomic E-state index is 6.25. The number of rotatable bonds is 0. The van der Waals surface area contributed by atoms with E-state index in [2.05, 4.69) is 5.73 Å². The summed E-state index contributed by atoms with van der Waals surface area (Å²) in [5, 5.41) is 6.25. The highest BCUT2D eigenvalue weighted by Gasteiger charge is 2.09. The van der Waals surface area contributed by atoms with E-state index in [-0.39, 0.29) is 0 Å². The molecule has 0 aromatic carbocycles. The van der Waals surface area contributed by atoms with E-state index < -0.39 is 0 Å². The quantitative estimate of drug-likeness (QED) is 0.476. The van der Waals surface area contributed by atoms with E-state index in [4.69, 9.17) is 11.8 Å². The van der Waals surface area contributed by atoms with Crippen LogP contribution in [0.2, 0.25) is 0 Å². The predicted octanol–water partition coefficient (Wildman–Crippen LogP) is 0.657. The molecule has 1 aliphatic carbocycles. The minimum atomic E-state index is 0.786. The van der Waals surface area contributed by atoms with Crippen LogP contribution in [0, 0.1) is 11.8 Å². The normalized spacial score (nSPS) is 19.9. The summed E-state index contributed by atoms with van der Waals surface area (Å²) in [6.07, 6.45) is 7.05. The highest BCUT2D eigenvalue weighted by molar-refractivity contribution is 4.60. The van der Waals surface area contributed by atoms with Crippen LogP contribution in [0.5, 0.6) is 0 Å². The summed E-state index contributed by atoms with van der Waals surface area (Å²) >= 11 is 0. The fourth-order valence-corrected chi connectivity index (χ4v) is 1.19.